The lowest BCUT2D eigenvalue weighted by atomic mass is 9.89. The van der Waals surface area contributed by atoms with Gasteiger partial charge in [0.2, 0.25) is 0 Å². The Balaban J connectivity index is 0.00000280. The molecule has 0 radical (unpaired) electrons. The van der Waals surface area contributed by atoms with E-state index in [4.69, 9.17) is 11.6 Å². The molecule has 3 rings (SSSR count). The van der Waals surface area contributed by atoms with Crippen molar-refractivity contribution in [1.29, 1.82) is 0 Å². The summed E-state index contributed by atoms with van der Waals surface area (Å²) in [6, 6.07) is 16.7. The van der Waals surface area contributed by atoms with Crippen LogP contribution in [0.4, 0.5) is 0 Å². The number of likely N-dealkylation sites (tertiary alicyclic amines) is 1. The number of hydrogen-bond acceptors (Lipinski definition) is 3. The Morgan fingerprint density at radius 3 is 2.14 bits per heavy atom. The lowest BCUT2D eigenvalue weighted by Crippen LogP contribution is -2.32. The van der Waals surface area contributed by atoms with Gasteiger partial charge in [0, 0.05) is 17.8 Å². The molecule has 1 aliphatic heterocycles. The first-order valence-corrected chi connectivity index (χ1v) is 12.0. The number of benzene rings is 2. The molecule has 1 saturated heterocycles. The molecule has 1 aliphatic rings. The largest absolute Gasteiger partial charge is 0.299 e. The van der Waals surface area contributed by atoms with Crippen LogP contribution in [-0.4, -0.2) is 38.4 Å². The van der Waals surface area contributed by atoms with Crippen molar-refractivity contribution in [3.05, 3.63) is 70.2 Å². The van der Waals surface area contributed by atoms with Gasteiger partial charge in [0.25, 0.3) is 0 Å². The topological polar surface area (TPSA) is 37.4 Å². The average molecular weight is 442 g/mol. The van der Waals surface area contributed by atoms with Crippen LogP contribution in [-0.2, 0) is 16.4 Å². The van der Waals surface area contributed by atoms with Gasteiger partial charge in [-0.05, 0) is 66.6 Å². The van der Waals surface area contributed by atoms with E-state index >= 15 is 0 Å². The number of rotatable bonds is 6. The van der Waals surface area contributed by atoms with E-state index in [0.29, 0.717) is 5.92 Å². The predicted octanol–water partition coefficient (Wildman–Crippen LogP) is 5.29. The smallest absolute Gasteiger partial charge is 0.148 e. The third kappa shape index (κ3) is 6.77. The minimum absolute atomic E-state index is 0. The van der Waals surface area contributed by atoms with Crippen molar-refractivity contribution in [1.82, 2.24) is 4.90 Å². The minimum Gasteiger partial charge on any atom is -0.299 e. The molecule has 0 spiro atoms. The van der Waals surface area contributed by atoms with E-state index in [1.165, 1.54) is 30.2 Å². The third-order valence-electron chi connectivity index (χ3n) is 5.44. The van der Waals surface area contributed by atoms with Crippen LogP contribution in [0.2, 0.25) is 5.02 Å². The highest BCUT2D eigenvalue weighted by molar-refractivity contribution is 7.90. The maximum Gasteiger partial charge on any atom is 0.148 e. The van der Waals surface area contributed by atoms with Crippen molar-refractivity contribution in [2.75, 3.05) is 25.1 Å². The quantitative estimate of drug-likeness (QED) is 0.610. The fourth-order valence-electron chi connectivity index (χ4n) is 3.92. The molecule has 0 saturated carbocycles. The summed E-state index contributed by atoms with van der Waals surface area (Å²) in [5, 5.41) is 0.797. The van der Waals surface area contributed by atoms with E-state index in [-0.39, 0.29) is 24.1 Å². The van der Waals surface area contributed by atoms with Crippen LogP contribution >= 0.6 is 24.0 Å². The van der Waals surface area contributed by atoms with Crippen molar-refractivity contribution in [2.45, 2.75) is 38.1 Å². The number of hydrogen-bond donors (Lipinski definition) is 0. The van der Waals surface area contributed by atoms with E-state index in [0.717, 1.165) is 30.2 Å². The van der Waals surface area contributed by atoms with Crippen LogP contribution in [0.1, 0.15) is 48.3 Å². The molecule has 1 fully saturated rings. The van der Waals surface area contributed by atoms with Crippen LogP contribution in [0, 0.1) is 0 Å². The van der Waals surface area contributed by atoms with Gasteiger partial charge in [0.15, 0.2) is 0 Å². The zero-order chi connectivity index (χ0) is 19.4. The lowest BCUT2D eigenvalue weighted by molar-refractivity contribution is 0.204. The molecule has 28 heavy (non-hydrogen) atoms. The first-order chi connectivity index (χ1) is 12.8. The SMILES string of the molecule is C[C@@H](CS(C)(=O)=O)c1ccc(CN2CCC(c3ccc(Cl)cc3)CC2)cc1.Cl. The Labute approximate surface area is 180 Å². The fourth-order valence-corrected chi connectivity index (χ4v) is 5.15. The second-order valence-electron chi connectivity index (χ2n) is 7.84. The molecule has 2 aromatic carbocycles. The maximum absolute atomic E-state index is 11.5. The van der Waals surface area contributed by atoms with Gasteiger partial charge in [-0.3, -0.25) is 4.90 Å². The van der Waals surface area contributed by atoms with Crippen LogP contribution < -0.4 is 0 Å². The molecular weight excluding hydrogens is 413 g/mol. The van der Waals surface area contributed by atoms with Gasteiger partial charge in [-0.25, -0.2) is 8.42 Å². The molecule has 1 atom stereocenters. The number of halogens is 2. The third-order valence-corrected chi connectivity index (χ3v) is 6.79. The molecule has 0 aromatic heterocycles. The van der Waals surface area contributed by atoms with E-state index < -0.39 is 9.84 Å². The van der Waals surface area contributed by atoms with Crippen LogP contribution in [0.3, 0.4) is 0 Å². The Morgan fingerprint density at radius 1 is 1.04 bits per heavy atom. The highest BCUT2D eigenvalue weighted by atomic mass is 35.5. The summed E-state index contributed by atoms with van der Waals surface area (Å²) < 4.78 is 23.0. The number of piperidine rings is 1. The van der Waals surface area contributed by atoms with Gasteiger partial charge in [-0.1, -0.05) is 54.9 Å². The summed E-state index contributed by atoms with van der Waals surface area (Å²) in [6.45, 7) is 5.12. The van der Waals surface area contributed by atoms with Crippen molar-refractivity contribution < 1.29 is 8.42 Å². The molecule has 1 heterocycles. The minimum atomic E-state index is -2.95. The molecule has 0 amide bonds. The summed E-state index contributed by atoms with van der Waals surface area (Å²) in [4.78, 5) is 2.50. The average Bonchev–Trinajstić information content (AvgIpc) is 2.62. The van der Waals surface area contributed by atoms with Crippen molar-refractivity contribution in [3.8, 4) is 0 Å². The molecule has 154 valence electrons. The van der Waals surface area contributed by atoms with Crippen LogP contribution in [0.15, 0.2) is 48.5 Å². The second kappa shape index (κ2) is 10.1. The Hall–Kier alpha value is -1.07. The maximum atomic E-state index is 11.5. The number of nitrogens with zero attached hydrogens (tertiary/aromatic N) is 1. The predicted molar refractivity (Wildman–Crippen MR) is 121 cm³/mol. The zero-order valence-electron chi connectivity index (χ0n) is 16.5. The molecule has 0 N–H and O–H groups in total. The molecular formula is C22H29Cl2NO2S. The normalized spacial score (nSPS) is 17.1. The molecule has 0 unspecified atom stereocenters. The molecule has 0 aliphatic carbocycles. The Kier molecular flexibility index (Phi) is 8.38. The van der Waals surface area contributed by atoms with E-state index in [9.17, 15) is 8.42 Å². The molecule has 2 aromatic rings. The van der Waals surface area contributed by atoms with Gasteiger partial charge < -0.3 is 0 Å². The van der Waals surface area contributed by atoms with Gasteiger partial charge in [0.05, 0.1) is 5.75 Å². The van der Waals surface area contributed by atoms with Gasteiger partial charge >= 0.3 is 0 Å². The van der Waals surface area contributed by atoms with E-state index in [2.05, 4.69) is 41.3 Å². The highest BCUT2D eigenvalue weighted by Crippen LogP contribution is 2.29. The summed E-state index contributed by atoms with van der Waals surface area (Å²) in [5.41, 5.74) is 3.77. The monoisotopic (exact) mass is 441 g/mol. The van der Waals surface area contributed by atoms with Gasteiger partial charge in [-0.15, -0.1) is 12.4 Å². The Bertz CT molecular complexity index is 843. The van der Waals surface area contributed by atoms with Crippen LogP contribution in [0.25, 0.3) is 0 Å². The van der Waals surface area contributed by atoms with Crippen molar-refractivity contribution >= 4 is 33.8 Å². The lowest BCUT2D eigenvalue weighted by Gasteiger charge is -2.32. The van der Waals surface area contributed by atoms with Crippen molar-refractivity contribution in [3.63, 3.8) is 0 Å². The van der Waals surface area contributed by atoms with Crippen LogP contribution in [0.5, 0.6) is 0 Å². The first kappa shape index (κ1) is 23.2. The summed E-state index contributed by atoms with van der Waals surface area (Å²) in [6.07, 6.45) is 3.64. The summed E-state index contributed by atoms with van der Waals surface area (Å²) in [5.74, 6) is 0.854. The van der Waals surface area contributed by atoms with Gasteiger partial charge in [-0.2, -0.15) is 0 Å². The number of sulfone groups is 1. The van der Waals surface area contributed by atoms with E-state index in [1.807, 2.05) is 19.1 Å². The molecule has 3 nitrogen and oxygen atoms in total. The fraction of sp³-hybridized carbons (Fsp3) is 0.455. The standard InChI is InChI=1S/C22H28ClNO2S.ClH/c1-17(16-27(2,25)26)19-5-3-18(4-6-19)15-24-13-11-21(12-14-24)20-7-9-22(23)10-8-20;/h3-10,17,21H,11-16H2,1-2H3;1H/t17-;/m0./s1. The van der Waals surface area contributed by atoms with E-state index in [1.54, 1.807) is 0 Å². The Morgan fingerprint density at radius 2 is 1.61 bits per heavy atom. The van der Waals surface area contributed by atoms with Crippen molar-refractivity contribution in [2.24, 2.45) is 0 Å². The zero-order valence-corrected chi connectivity index (χ0v) is 18.9. The summed E-state index contributed by atoms with van der Waals surface area (Å²) in [7, 11) is -2.95. The van der Waals surface area contributed by atoms with Gasteiger partial charge in [0.1, 0.15) is 9.84 Å². The highest BCUT2D eigenvalue weighted by Gasteiger charge is 2.20. The molecule has 0 bridgehead atoms. The summed E-state index contributed by atoms with van der Waals surface area (Å²) >= 11 is 5.99. The second-order valence-corrected chi connectivity index (χ2v) is 10.5. The molecule has 6 heteroatoms. The first-order valence-electron chi connectivity index (χ1n) is 9.54.